The van der Waals surface area contributed by atoms with E-state index in [2.05, 4.69) is 10.2 Å². The zero-order valence-corrected chi connectivity index (χ0v) is 9.87. The molecule has 0 aliphatic carbocycles. The van der Waals surface area contributed by atoms with Crippen molar-refractivity contribution in [2.75, 3.05) is 13.1 Å². The molecule has 1 aromatic carbocycles. The van der Waals surface area contributed by atoms with Crippen molar-refractivity contribution in [2.24, 2.45) is 0 Å². The van der Waals surface area contributed by atoms with E-state index in [4.69, 9.17) is 0 Å². The minimum atomic E-state index is -4.24. The summed E-state index contributed by atoms with van der Waals surface area (Å²) in [5.41, 5.74) is 0.381. The summed E-state index contributed by atoms with van der Waals surface area (Å²) in [7, 11) is 0. The Bertz CT molecular complexity index is 427. The van der Waals surface area contributed by atoms with Gasteiger partial charge in [-0.1, -0.05) is 12.1 Å². The lowest BCUT2D eigenvalue weighted by Crippen LogP contribution is -2.42. The third-order valence-electron chi connectivity index (χ3n) is 3.84. The molecule has 2 saturated heterocycles. The maximum atomic E-state index is 12.4. The Morgan fingerprint density at radius 2 is 1.94 bits per heavy atom. The molecule has 0 aromatic heterocycles. The van der Waals surface area contributed by atoms with Gasteiger partial charge in [-0.2, -0.15) is 13.2 Å². The fraction of sp³-hybridized carbons (Fsp3) is 0.538. The van der Waals surface area contributed by atoms with Gasteiger partial charge in [0.1, 0.15) is 0 Å². The van der Waals surface area contributed by atoms with Gasteiger partial charge in [0, 0.05) is 31.7 Å². The molecule has 2 bridgehead atoms. The van der Waals surface area contributed by atoms with Crippen LogP contribution in [0.25, 0.3) is 0 Å². The first-order valence-corrected chi connectivity index (χ1v) is 6.16. The molecule has 2 atom stereocenters. The number of nitrogens with one attached hydrogen (secondary N) is 1. The Morgan fingerprint density at radius 1 is 1.22 bits per heavy atom. The van der Waals surface area contributed by atoms with E-state index >= 15 is 0 Å². The fourth-order valence-corrected chi connectivity index (χ4v) is 2.87. The number of hydrogen-bond donors (Lipinski definition) is 1. The maximum Gasteiger partial charge on any atom is 0.416 e. The Hall–Kier alpha value is -1.07. The van der Waals surface area contributed by atoms with Gasteiger partial charge in [0.15, 0.2) is 0 Å². The molecule has 2 aliphatic heterocycles. The minimum absolute atomic E-state index is 0.553. The number of halogens is 3. The molecule has 18 heavy (non-hydrogen) atoms. The lowest BCUT2D eigenvalue weighted by Gasteiger charge is -2.27. The average Bonchev–Trinajstić information content (AvgIpc) is 2.90. The predicted molar refractivity (Wildman–Crippen MR) is 62.0 cm³/mol. The van der Waals surface area contributed by atoms with Gasteiger partial charge in [0.25, 0.3) is 0 Å². The number of alkyl halides is 3. The van der Waals surface area contributed by atoms with Crippen LogP contribution in [0.3, 0.4) is 0 Å². The number of likely N-dealkylation sites (tertiary alicyclic amines) is 1. The van der Waals surface area contributed by atoms with E-state index in [0.717, 1.165) is 25.2 Å². The lowest BCUT2D eigenvalue weighted by atomic mass is 10.1. The molecule has 0 amide bonds. The number of nitrogens with zero attached hydrogens (tertiary/aromatic N) is 1. The van der Waals surface area contributed by atoms with Crippen LogP contribution in [-0.2, 0) is 12.7 Å². The van der Waals surface area contributed by atoms with E-state index in [-0.39, 0.29) is 0 Å². The van der Waals surface area contributed by atoms with Gasteiger partial charge in [-0.3, -0.25) is 4.90 Å². The number of rotatable bonds is 2. The molecule has 0 saturated carbocycles. The van der Waals surface area contributed by atoms with Gasteiger partial charge in [0.2, 0.25) is 0 Å². The number of hydrogen-bond acceptors (Lipinski definition) is 2. The molecule has 0 radical (unpaired) electrons. The second-order valence-corrected chi connectivity index (χ2v) is 5.12. The summed E-state index contributed by atoms with van der Waals surface area (Å²) in [6, 6.07) is 6.63. The van der Waals surface area contributed by atoms with Crippen molar-refractivity contribution >= 4 is 0 Å². The molecule has 1 N–H and O–H groups in total. The summed E-state index contributed by atoms with van der Waals surface area (Å²) < 4.78 is 37.3. The van der Waals surface area contributed by atoms with Gasteiger partial charge in [-0.15, -0.1) is 0 Å². The smallest absolute Gasteiger partial charge is 0.311 e. The number of fused-ring (bicyclic) bond motifs is 2. The zero-order valence-electron chi connectivity index (χ0n) is 9.87. The highest BCUT2D eigenvalue weighted by atomic mass is 19.4. The summed E-state index contributed by atoms with van der Waals surface area (Å²) in [5, 5.41) is 3.41. The normalized spacial score (nSPS) is 27.9. The first kappa shape index (κ1) is 12.0. The van der Waals surface area contributed by atoms with Crippen molar-refractivity contribution in [3.63, 3.8) is 0 Å². The predicted octanol–water partition coefficient (Wildman–Crippen LogP) is 2.25. The van der Waals surface area contributed by atoms with Gasteiger partial charge >= 0.3 is 6.18 Å². The maximum absolute atomic E-state index is 12.4. The van der Waals surface area contributed by atoms with Crippen molar-refractivity contribution < 1.29 is 13.2 Å². The highest BCUT2D eigenvalue weighted by Crippen LogP contribution is 2.30. The van der Waals surface area contributed by atoms with Gasteiger partial charge in [-0.25, -0.2) is 0 Å². The largest absolute Gasteiger partial charge is 0.416 e. The van der Waals surface area contributed by atoms with Crippen LogP contribution in [0.4, 0.5) is 13.2 Å². The highest BCUT2D eigenvalue weighted by Gasteiger charge is 2.37. The quantitative estimate of drug-likeness (QED) is 0.873. The molecule has 98 valence electrons. The second-order valence-electron chi connectivity index (χ2n) is 5.12. The monoisotopic (exact) mass is 256 g/mol. The first-order chi connectivity index (χ1) is 8.52. The Balaban J connectivity index is 1.67. The highest BCUT2D eigenvalue weighted by molar-refractivity contribution is 5.24. The van der Waals surface area contributed by atoms with Gasteiger partial charge in [0.05, 0.1) is 5.56 Å². The Kier molecular flexibility index (Phi) is 2.83. The molecule has 2 aliphatic rings. The molecule has 3 rings (SSSR count). The standard InChI is InChI=1S/C13H15F3N2/c14-13(15,16)10-3-1-9(2-4-10)7-18-8-11-5-12(18)6-17-11/h1-4,11-12,17H,5-8H2. The Morgan fingerprint density at radius 3 is 2.44 bits per heavy atom. The van der Waals surface area contributed by atoms with Crippen LogP contribution in [0.15, 0.2) is 24.3 Å². The SMILES string of the molecule is FC(F)(F)c1ccc(CN2CC3CC2CN3)cc1. The third kappa shape index (κ3) is 2.24. The Labute approximate surface area is 104 Å². The van der Waals surface area contributed by atoms with Crippen molar-refractivity contribution in [1.82, 2.24) is 10.2 Å². The van der Waals surface area contributed by atoms with Crippen LogP contribution >= 0.6 is 0 Å². The van der Waals surface area contributed by atoms with Crippen LogP contribution in [0.5, 0.6) is 0 Å². The third-order valence-corrected chi connectivity index (χ3v) is 3.84. The van der Waals surface area contributed by atoms with Crippen molar-refractivity contribution in [3.05, 3.63) is 35.4 Å². The van der Waals surface area contributed by atoms with Crippen LogP contribution in [0, 0.1) is 0 Å². The minimum Gasteiger partial charge on any atom is -0.311 e. The molecule has 2 fully saturated rings. The number of benzene rings is 1. The lowest BCUT2D eigenvalue weighted by molar-refractivity contribution is -0.137. The number of piperazine rings is 1. The molecular formula is C13H15F3N2. The van der Waals surface area contributed by atoms with Crippen LogP contribution in [0.1, 0.15) is 17.5 Å². The molecule has 0 spiro atoms. The van der Waals surface area contributed by atoms with Crippen LogP contribution in [-0.4, -0.2) is 30.1 Å². The summed E-state index contributed by atoms with van der Waals surface area (Å²) in [4.78, 5) is 2.35. The molecular weight excluding hydrogens is 241 g/mol. The molecule has 2 nitrogen and oxygen atoms in total. The van der Waals surface area contributed by atoms with E-state index in [0.29, 0.717) is 12.1 Å². The van der Waals surface area contributed by atoms with E-state index in [9.17, 15) is 13.2 Å². The fourth-order valence-electron chi connectivity index (χ4n) is 2.87. The topological polar surface area (TPSA) is 15.3 Å². The first-order valence-electron chi connectivity index (χ1n) is 6.16. The summed E-state index contributed by atoms with van der Waals surface area (Å²) >= 11 is 0. The van der Waals surface area contributed by atoms with Crippen molar-refractivity contribution in [2.45, 2.75) is 31.2 Å². The molecule has 1 aromatic rings. The second kappa shape index (κ2) is 4.24. The summed E-state index contributed by atoms with van der Waals surface area (Å²) in [6.45, 7) is 2.76. The van der Waals surface area contributed by atoms with E-state index in [1.165, 1.54) is 18.6 Å². The van der Waals surface area contributed by atoms with Gasteiger partial charge in [-0.05, 0) is 24.1 Å². The summed E-state index contributed by atoms with van der Waals surface area (Å²) in [5.74, 6) is 0. The molecule has 2 unspecified atom stereocenters. The van der Waals surface area contributed by atoms with Crippen LogP contribution in [0.2, 0.25) is 0 Å². The van der Waals surface area contributed by atoms with Crippen molar-refractivity contribution in [1.29, 1.82) is 0 Å². The summed E-state index contributed by atoms with van der Waals surface area (Å²) in [6.07, 6.45) is -3.07. The zero-order chi connectivity index (χ0) is 12.8. The van der Waals surface area contributed by atoms with E-state index in [1.54, 1.807) is 12.1 Å². The molecule has 2 heterocycles. The molecule has 5 heteroatoms. The van der Waals surface area contributed by atoms with Crippen molar-refractivity contribution in [3.8, 4) is 0 Å². The van der Waals surface area contributed by atoms with Gasteiger partial charge < -0.3 is 5.32 Å². The van der Waals surface area contributed by atoms with E-state index in [1.807, 2.05) is 0 Å². The van der Waals surface area contributed by atoms with E-state index < -0.39 is 11.7 Å². The van der Waals surface area contributed by atoms with Crippen LogP contribution < -0.4 is 5.32 Å². The average molecular weight is 256 g/mol.